The molecule has 0 aromatic carbocycles. The summed E-state index contributed by atoms with van der Waals surface area (Å²) < 4.78 is 4.99. The Hall–Kier alpha value is -1.61. The molecule has 4 heteroatoms. The second-order valence-corrected chi connectivity index (χ2v) is 3.76. The van der Waals surface area contributed by atoms with Crippen LogP contribution in [0, 0.1) is 0 Å². The van der Waals surface area contributed by atoms with Crippen molar-refractivity contribution in [2.45, 2.75) is 6.42 Å². The summed E-state index contributed by atoms with van der Waals surface area (Å²) >= 11 is 5.71. The van der Waals surface area contributed by atoms with E-state index in [1.54, 1.807) is 25.6 Å². The Labute approximate surface area is 99.1 Å². The maximum absolute atomic E-state index is 5.71. The summed E-state index contributed by atoms with van der Waals surface area (Å²) in [7, 11) is 1.60. The highest BCUT2D eigenvalue weighted by atomic mass is 35.5. The molecule has 0 saturated carbocycles. The fourth-order valence-electron chi connectivity index (χ4n) is 1.38. The van der Waals surface area contributed by atoms with Gasteiger partial charge in [0.15, 0.2) is 0 Å². The van der Waals surface area contributed by atoms with E-state index in [-0.39, 0.29) is 0 Å². The predicted molar refractivity (Wildman–Crippen MR) is 62.8 cm³/mol. The summed E-state index contributed by atoms with van der Waals surface area (Å²) in [6.07, 6.45) is 4.36. The lowest BCUT2D eigenvalue weighted by Crippen LogP contribution is -1.92. The van der Waals surface area contributed by atoms with Crippen LogP contribution in [0.1, 0.15) is 11.1 Å². The smallest absolute Gasteiger partial charge is 0.212 e. The van der Waals surface area contributed by atoms with Crippen LogP contribution in [0.2, 0.25) is 5.15 Å². The van der Waals surface area contributed by atoms with Gasteiger partial charge in [-0.1, -0.05) is 23.7 Å². The van der Waals surface area contributed by atoms with E-state index in [9.17, 15) is 0 Å². The van der Waals surface area contributed by atoms with Crippen molar-refractivity contribution in [3.8, 4) is 5.88 Å². The van der Waals surface area contributed by atoms with Gasteiger partial charge in [0.25, 0.3) is 0 Å². The molecular formula is C12H11ClN2O. The Morgan fingerprint density at radius 2 is 1.75 bits per heavy atom. The van der Waals surface area contributed by atoms with Crippen molar-refractivity contribution in [1.82, 2.24) is 9.97 Å². The molecule has 0 saturated heterocycles. The molecule has 0 amide bonds. The number of ether oxygens (including phenoxy) is 1. The lowest BCUT2D eigenvalue weighted by Gasteiger charge is -2.02. The predicted octanol–water partition coefficient (Wildman–Crippen LogP) is 2.73. The molecule has 2 rings (SSSR count). The zero-order valence-corrected chi connectivity index (χ0v) is 9.61. The van der Waals surface area contributed by atoms with Crippen LogP contribution in [-0.2, 0) is 6.42 Å². The van der Waals surface area contributed by atoms with Gasteiger partial charge in [0.1, 0.15) is 5.15 Å². The number of methoxy groups -OCH3 is 1. The van der Waals surface area contributed by atoms with Crippen LogP contribution >= 0.6 is 11.6 Å². The largest absolute Gasteiger partial charge is 0.481 e. The van der Waals surface area contributed by atoms with E-state index in [1.807, 2.05) is 18.2 Å². The summed E-state index contributed by atoms with van der Waals surface area (Å²) in [6, 6.07) is 7.58. The van der Waals surface area contributed by atoms with Crippen molar-refractivity contribution in [3.63, 3.8) is 0 Å². The number of hydrogen-bond acceptors (Lipinski definition) is 3. The van der Waals surface area contributed by atoms with E-state index in [2.05, 4.69) is 9.97 Å². The standard InChI is InChI=1S/C12H11ClN2O/c1-16-12-5-3-10(8-15-12)6-9-2-4-11(13)14-7-9/h2-5,7-8H,6H2,1H3. The van der Waals surface area contributed by atoms with E-state index >= 15 is 0 Å². The highest BCUT2D eigenvalue weighted by Crippen LogP contribution is 2.12. The summed E-state index contributed by atoms with van der Waals surface area (Å²) in [4.78, 5) is 8.17. The number of aromatic nitrogens is 2. The third-order valence-corrected chi connectivity index (χ3v) is 2.43. The van der Waals surface area contributed by atoms with Gasteiger partial charge in [0.05, 0.1) is 7.11 Å². The molecule has 2 aromatic rings. The normalized spacial score (nSPS) is 10.1. The minimum Gasteiger partial charge on any atom is -0.481 e. The van der Waals surface area contributed by atoms with Gasteiger partial charge in [-0.05, 0) is 17.2 Å². The van der Waals surface area contributed by atoms with Gasteiger partial charge in [-0.25, -0.2) is 9.97 Å². The lowest BCUT2D eigenvalue weighted by atomic mass is 10.1. The third-order valence-electron chi connectivity index (χ3n) is 2.20. The first kappa shape index (κ1) is 10.9. The molecule has 0 atom stereocenters. The molecule has 0 radical (unpaired) electrons. The van der Waals surface area contributed by atoms with Gasteiger partial charge in [-0.2, -0.15) is 0 Å². The van der Waals surface area contributed by atoms with Gasteiger partial charge >= 0.3 is 0 Å². The zero-order chi connectivity index (χ0) is 11.4. The van der Waals surface area contributed by atoms with E-state index < -0.39 is 0 Å². The maximum Gasteiger partial charge on any atom is 0.212 e. The van der Waals surface area contributed by atoms with E-state index in [0.717, 1.165) is 17.5 Å². The molecule has 0 spiro atoms. The number of rotatable bonds is 3. The second-order valence-electron chi connectivity index (χ2n) is 3.37. The van der Waals surface area contributed by atoms with Crippen molar-refractivity contribution in [1.29, 1.82) is 0 Å². The van der Waals surface area contributed by atoms with Crippen molar-refractivity contribution in [3.05, 3.63) is 52.9 Å². The summed E-state index contributed by atoms with van der Waals surface area (Å²) in [5, 5.41) is 0.511. The van der Waals surface area contributed by atoms with Gasteiger partial charge in [0.2, 0.25) is 5.88 Å². The molecule has 82 valence electrons. The Morgan fingerprint density at radius 1 is 1.06 bits per heavy atom. The van der Waals surface area contributed by atoms with Crippen LogP contribution in [0.5, 0.6) is 5.88 Å². The van der Waals surface area contributed by atoms with E-state index in [4.69, 9.17) is 16.3 Å². The Kier molecular flexibility index (Phi) is 3.37. The SMILES string of the molecule is COc1ccc(Cc2ccc(Cl)nc2)cn1. The van der Waals surface area contributed by atoms with Gasteiger partial charge in [0, 0.05) is 24.9 Å². The number of hydrogen-bond donors (Lipinski definition) is 0. The topological polar surface area (TPSA) is 35.0 Å². The minimum absolute atomic E-state index is 0.511. The molecule has 0 fully saturated rings. The molecule has 0 unspecified atom stereocenters. The monoisotopic (exact) mass is 234 g/mol. The molecule has 2 heterocycles. The Bertz CT molecular complexity index is 453. The molecule has 0 bridgehead atoms. The first-order valence-electron chi connectivity index (χ1n) is 4.87. The molecule has 2 aromatic heterocycles. The van der Waals surface area contributed by atoms with Crippen LogP contribution in [0.3, 0.4) is 0 Å². The minimum atomic E-state index is 0.511. The highest BCUT2D eigenvalue weighted by Gasteiger charge is 1.98. The first-order chi connectivity index (χ1) is 7.78. The van der Waals surface area contributed by atoms with Gasteiger partial charge < -0.3 is 4.74 Å². The molecule has 0 aliphatic heterocycles. The molecule has 16 heavy (non-hydrogen) atoms. The Balaban J connectivity index is 2.11. The summed E-state index contributed by atoms with van der Waals surface area (Å²) in [6.45, 7) is 0. The summed E-state index contributed by atoms with van der Waals surface area (Å²) in [5.74, 6) is 0.623. The number of pyridine rings is 2. The number of nitrogens with zero attached hydrogens (tertiary/aromatic N) is 2. The molecule has 3 nitrogen and oxygen atoms in total. The zero-order valence-electron chi connectivity index (χ0n) is 8.85. The average molecular weight is 235 g/mol. The van der Waals surface area contributed by atoms with Crippen molar-refractivity contribution in [2.75, 3.05) is 7.11 Å². The highest BCUT2D eigenvalue weighted by molar-refractivity contribution is 6.29. The van der Waals surface area contributed by atoms with Crippen LogP contribution in [-0.4, -0.2) is 17.1 Å². The maximum atomic E-state index is 5.71. The number of halogens is 1. The third kappa shape index (κ3) is 2.70. The van der Waals surface area contributed by atoms with Crippen LogP contribution in [0.4, 0.5) is 0 Å². The quantitative estimate of drug-likeness (QED) is 0.766. The van der Waals surface area contributed by atoms with Gasteiger partial charge in [-0.3, -0.25) is 0 Å². The molecule has 0 aliphatic rings. The molecule has 0 N–H and O–H groups in total. The summed E-state index contributed by atoms with van der Waals surface area (Å²) in [5.41, 5.74) is 2.22. The van der Waals surface area contributed by atoms with Crippen LogP contribution in [0.25, 0.3) is 0 Å². The van der Waals surface area contributed by atoms with E-state index in [1.165, 1.54) is 0 Å². The lowest BCUT2D eigenvalue weighted by molar-refractivity contribution is 0.397. The second kappa shape index (κ2) is 4.94. The fraction of sp³-hybridized carbons (Fsp3) is 0.167. The van der Waals surface area contributed by atoms with Crippen LogP contribution < -0.4 is 4.74 Å². The van der Waals surface area contributed by atoms with Crippen molar-refractivity contribution >= 4 is 11.6 Å². The fourth-order valence-corrected chi connectivity index (χ4v) is 1.49. The Morgan fingerprint density at radius 3 is 2.25 bits per heavy atom. The molecular weight excluding hydrogens is 224 g/mol. The average Bonchev–Trinajstić information content (AvgIpc) is 2.33. The first-order valence-corrected chi connectivity index (χ1v) is 5.25. The van der Waals surface area contributed by atoms with Crippen molar-refractivity contribution in [2.24, 2.45) is 0 Å². The van der Waals surface area contributed by atoms with Gasteiger partial charge in [-0.15, -0.1) is 0 Å². The van der Waals surface area contributed by atoms with E-state index in [0.29, 0.717) is 11.0 Å². The van der Waals surface area contributed by atoms with Crippen molar-refractivity contribution < 1.29 is 4.74 Å². The van der Waals surface area contributed by atoms with Crippen LogP contribution in [0.15, 0.2) is 36.7 Å². The molecule has 0 aliphatic carbocycles.